The molecule has 0 aromatic rings. The maximum absolute atomic E-state index is 5.63. The lowest BCUT2D eigenvalue weighted by Crippen LogP contribution is -2.51. The van der Waals surface area contributed by atoms with Crippen LogP contribution in [-0.2, 0) is 0 Å². The van der Waals surface area contributed by atoms with Gasteiger partial charge in [0.15, 0.2) is 0 Å². The van der Waals surface area contributed by atoms with E-state index in [2.05, 4.69) is 33.4 Å². The molecule has 0 aromatic heterocycles. The first kappa shape index (κ1) is 14.4. The molecule has 1 rings (SSSR count). The highest BCUT2D eigenvalue weighted by Gasteiger charge is 2.52. The summed E-state index contributed by atoms with van der Waals surface area (Å²) in [6, 6.07) is 0. The Balaban J connectivity index is 2.61. The van der Waals surface area contributed by atoms with Gasteiger partial charge in [0.1, 0.15) is 0 Å². The van der Waals surface area contributed by atoms with Crippen LogP contribution in [0.25, 0.3) is 0 Å². The zero-order chi connectivity index (χ0) is 12.2. The first-order chi connectivity index (χ1) is 7.61. The molecule has 16 heavy (non-hydrogen) atoms. The maximum Gasteiger partial charge on any atom is -0.00772 e. The van der Waals surface area contributed by atoms with Crippen LogP contribution in [-0.4, -0.2) is 12.3 Å². The van der Waals surface area contributed by atoms with Crippen molar-refractivity contribution in [2.45, 2.75) is 52.9 Å². The van der Waals surface area contributed by atoms with Gasteiger partial charge in [-0.3, -0.25) is 0 Å². The molecule has 2 N–H and O–H groups in total. The molecule has 0 spiro atoms. The summed E-state index contributed by atoms with van der Waals surface area (Å²) in [5.74, 6) is 3.70. The second-order valence-corrected chi connectivity index (χ2v) is 6.20. The van der Waals surface area contributed by atoms with E-state index in [4.69, 9.17) is 5.73 Å². The molecule has 1 nitrogen and oxygen atoms in total. The minimum atomic E-state index is 0.562. The van der Waals surface area contributed by atoms with Crippen LogP contribution in [0.1, 0.15) is 52.9 Å². The van der Waals surface area contributed by atoms with Crippen LogP contribution < -0.4 is 5.73 Å². The van der Waals surface area contributed by atoms with Gasteiger partial charge in [0, 0.05) is 0 Å². The second kappa shape index (κ2) is 6.30. The van der Waals surface area contributed by atoms with Crippen molar-refractivity contribution >= 4 is 12.6 Å². The van der Waals surface area contributed by atoms with Gasteiger partial charge in [-0.15, -0.1) is 0 Å². The summed E-state index contributed by atoms with van der Waals surface area (Å²) in [4.78, 5) is 0. The Hall–Kier alpha value is 0.310. The molecule has 1 fully saturated rings. The summed E-state index contributed by atoms with van der Waals surface area (Å²) in [6.07, 6.45) is 6.55. The highest BCUT2D eigenvalue weighted by atomic mass is 32.1. The lowest BCUT2D eigenvalue weighted by molar-refractivity contribution is -0.0895. The van der Waals surface area contributed by atoms with Crippen LogP contribution in [0.4, 0.5) is 0 Å². The molecule has 0 amide bonds. The Morgan fingerprint density at radius 1 is 1.38 bits per heavy atom. The van der Waals surface area contributed by atoms with Crippen molar-refractivity contribution < 1.29 is 0 Å². The minimum absolute atomic E-state index is 0.562. The number of hydrogen-bond acceptors (Lipinski definition) is 2. The van der Waals surface area contributed by atoms with E-state index in [0.29, 0.717) is 5.41 Å². The predicted molar refractivity (Wildman–Crippen MR) is 75.9 cm³/mol. The largest absolute Gasteiger partial charge is 0.330 e. The van der Waals surface area contributed by atoms with Crippen LogP contribution in [0, 0.1) is 23.2 Å². The van der Waals surface area contributed by atoms with E-state index in [-0.39, 0.29) is 0 Å². The number of rotatable bonds is 7. The monoisotopic (exact) mass is 243 g/mol. The molecule has 2 heteroatoms. The van der Waals surface area contributed by atoms with Crippen LogP contribution in [0.3, 0.4) is 0 Å². The average molecular weight is 243 g/mol. The van der Waals surface area contributed by atoms with Crippen molar-refractivity contribution in [2.24, 2.45) is 28.9 Å². The summed E-state index contributed by atoms with van der Waals surface area (Å²) in [5.41, 5.74) is 6.20. The standard InChI is InChI=1S/C14H29NS/c1-4-11(2)14(3)12(6-5-8-15)10-13(14)7-9-16/h11-13,16H,4-10,15H2,1-3H3. The molecular weight excluding hydrogens is 214 g/mol. The van der Waals surface area contributed by atoms with E-state index >= 15 is 0 Å². The predicted octanol–water partition coefficient (Wildman–Crippen LogP) is 3.73. The molecular formula is C14H29NS. The molecule has 96 valence electrons. The Morgan fingerprint density at radius 3 is 2.50 bits per heavy atom. The van der Waals surface area contributed by atoms with E-state index < -0.39 is 0 Å². The topological polar surface area (TPSA) is 26.0 Å². The SMILES string of the molecule is CCC(C)C1(C)C(CCS)CC1CCCN. The third kappa shape index (κ3) is 2.59. The fourth-order valence-corrected chi connectivity index (χ4v) is 3.96. The van der Waals surface area contributed by atoms with Crippen LogP contribution >= 0.6 is 12.6 Å². The Kier molecular flexibility index (Phi) is 5.66. The van der Waals surface area contributed by atoms with E-state index in [1.54, 1.807) is 0 Å². The molecule has 0 saturated heterocycles. The van der Waals surface area contributed by atoms with Crippen molar-refractivity contribution in [3.05, 3.63) is 0 Å². The quantitative estimate of drug-likeness (QED) is 0.655. The van der Waals surface area contributed by atoms with Crippen molar-refractivity contribution in [3.63, 3.8) is 0 Å². The lowest BCUT2D eigenvalue weighted by Gasteiger charge is -2.58. The Morgan fingerprint density at radius 2 is 2.00 bits per heavy atom. The van der Waals surface area contributed by atoms with Gasteiger partial charge >= 0.3 is 0 Å². The van der Waals surface area contributed by atoms with Crippen molar-refractivity contribution in [2.75, 3.05) is 12.3 Å². The Labute approximate surface area is 107 Å². The Bertz CT molecular complexity index is 207. The van der Waals surface area contributed by atoms with Gasteiger partial charge in [0.2, 0.25) is 0 Å². The molecule has 4 atom stereocenters. The second-order valence-electron chi connectivity index (χ2n) is 5.75. The summed E-state index contributed by atoms with van der Waals surface area (Å²) in [5, 5.41) is 0. The van der Waals surface area contributed by atoms with Crippen LogP contribution in [0.15, 0.2) is 0 Å². The highest BCUT2D eigenvalue weighted by Crippen LogP contribution is 2.59. The molecule has 0 heterocycles. The van der Waals surface area contributed by atoms with Gasteiger partial charge in [-0.25, -0.2) is 0 Å². The molecule has 1 aliphatic rings. The summed E-state index contributed by atoms with van der Waals surface area (Å²) >= 11 is 4.40. The fourth-order valence-electron chi connectivity index (χ4n) is 3.65. The van der Waals surface area contributed by atoms with E-state index in [1.165, 1.54) is 32.1 Å². The molecule has 0 radical (unpaired) electrons. The molecule has 4 unspecified atom stereocenters. The van der Waals surface area contributed by atoms with Crippen molar-refractivity contribution in [3.8, 4) is 0 Å². The third-order valence-corrected chi connectivity index (χ3v) is 5.50. The first-order valence-electron chi connectivity index (χ1n) is 6.92. The van der Waals surface area contributed by atoms with Gasteiger partial charge < -0.3 is 5.73 Å². The normalized spacial score (nSPS) is 35.8. The van der Waals surface area contributed by atoms with Gasteiger partial charge in [-0.2, -0.15) is 12.6 Å². The summed E-state index contributed by atoms with van der Waals surface area (Å²) in [6.45, 7) is 8.12. The number of hydrogen-bond donors (Lipinski definition) is 2. The number of thiol groups is 1. The fraction of sp³-hybridized carbons (Fsp3) is 1.00. The molecule has 1 aliphatic carbocycles. The molecule has 0 aromatic carbocycles. The zero-order valence-electron chi connectivity index (χ0n) is 11.2. The van der Waals surface area contributed by atoms with E-state index in [1.807, 2.05) is 0 Å². The van der Waals surface area contributed by atoms with Gasteiger partial charge in [-0.05, 0) is 61.1 Å². The van der Waals surface area contributed by atoms with E-state index in [0.717, 1.165) is 30.1 Å². The van der Waals surface area contributed by atoms with Crippen LogP contribution in [0.5, 0.6) is 0 Å². The molecule has 1 saturated carbocycles. The van der Waals surface area contributed by atoms with Gasteiger partial charge in [0.25, 0.3) is 0 Å². The molecule has 0 aliphatic heterocycles. The first-order valence-corrected chi connectivity index (χ1v) is 7.55. The minimum Gasteiger partial charge on any atom is -0.330 e. The average Bonchev–Trinajstić information content (AvgIpc) is 2.30. The lowest BCUT2D eigenvalue weighted by atomic mass is 9.47. The van der Waals surface area contributed by atoms with Crippen LogP contribution in [0.2, 0.25) is 0 Å². The summed E-state index contributed by atoms with van der Waals surface area (Å²) < 4.78 is 0. The molecule has 0 bridgehead atoms. The summed E-state index contributed by atoms with van der Waals surface area (Å²) in [7, 11) is 0. The van der Waals surface area contributed by atoms with Gasteiger partial charge in [0.05, 0.1) is 0 Å². The van der Waals surface area contributed by atoms with E-state index in [9.17, 15) is 0 Å². The van der Waals surface area contributed by atoms with Crippen molar-refractivity contribution in [1.29, 1.82) is 0 Å². The smallest absolute Gasteiger partial charge is 0.00772 e. The number of nitrogens with two attached hydrogens (primary N) is 1. The zero-order valence-corrected chi connectivity index (χ0v) is 12.1. The van der Waals surface area contributed by atoms with Crippen molar-refractivity contribution in [1.82, 2.24) is 0 Å². The highest BCUT2D eigenvalue weighted by molar-refractivity contribution is 7.80. The third-order valence-electron chi connectivity index (χ3n) is 5.24. The maximum atomic E-state index is 5.63. The van der Waals surface area contributed by atoms with Gasteiger partial charge in [-0.1, -0.05) is 27.2 Å².